The van der Waals surface area contributed by atoms with Crippen LogP contribution < -0.4 is 0 Å². The van der Waals surface area contributed by atoms with Gasteiger partial charge in [-0.3, -0.25) is 0 Å². The van der Waals surface area contributed by atoms with E-state index >= 15 is 0 Å². The maximum Gasteiger partial charge on any atom is 0.352 e. The molecule has 0 heterocycles. The Balaban J connectivity index is 4.19. The highest BCUT2D eigenvalue weighted by molar-refractivity contribution is 7.83. The Bertz CT molecular complexity index is 123. The first-order valence-corrected chi connectivity index (χ1v) is 2.53. The van der Waals surface area contributed by atoms with Crippen molar-refractivity contribution in [2.24, 2.45) is 0 Å². The molecule has 0 rings (SSSR count). The molecule has 0 saturated carbocycles. The molecule has 6 heteroatoms. The molecule has 0 nitrogen and oxygen atoms in total. The van der Waals surface area contributed by atoms with E-state index in [1.807, 2.05) is 0 Å². The molecular weight excluding hydrogens is 180 g/mol. The van der Waals surface area contributed by atoms with Crippen LogP contribution in [0.2, 0.25) is 0 Å². The number of alkyl halides is 4. The van der Waals surface area contributed by atoms with Crippen molar-refractivity contribution in [3.63, 3.8) is 0 Å². The van der Waals surface area contributed by atoms with Gasteiger partial charge in [-0.1, -0.05) is 23.8 Å². The second-order valence-corrected chi connectivity index (χ2v) is 2.21. The summed E-state index contributed by atoms with van der Waals surface area (Å²) in [7, 11) is 0. The smallest absolute Gasteiger partial charge is 0.203 e. The van der Waals surface area contributed by atoms with E-state index in [0.29, 0.717) is 0 Å². The molecule has 0 saturated heterocycles. The minimum atomic E-state index is -4.34. The van der Waals surface area contributed by atoms with Gasteiger partial charge in [-0.25, -0.2) is 8.78 Å². The minimum absolute atomic E-state index is 1.50. The zero-order valence-corrected chi connectivity index (χ0v) is 5.45. The van der Waals surface area contributed by atoms with Crippen molar-refractivity contribution in [3.05, 3.63) is 0 Å². The van der Waals surface area contributed by atoms with E-state index in [1.165, 1.54) is 0 Å². The molecule has 0 aliphatic heterocycles. The first kappa shape index (κ1) is 9.10. The van der Waals surface area contributed by atoms with Crippen LogP contribution in [0.1, 0.15) is 0 Å². The number of hydrogen-bond acceptors (Lipinski definition) is 1. The molecule has 54 valence electrons. The van der Waals surface area contributed by atoms with E-state index < -0.39 is 16.7 Å². The summed E-state index contributed by atoms with van der Waals surface area (Å²) in [6.45, 7) is 0. The third-order valence-corrected chi connectivity index (χ3v) is 1.06. The molecule has 0 fully saturated rings. The number of halogens is 5. The SMILES string of the molecule is FC(F)C(F)(F)C(=S)Cl. The quantitative estimate of drug-likeness (QED) is 0.357. The summed E-state index contributed by atoms with van der Waals surface area (Å²) in [5, 5.41) is 0. The van der Waals surface area contributed by atoms with Crippen molar-refractivity contribution in [1.29, 1.82) is 0 Å². The molecule has 9 heavy (non-hydrogen) atoms. The first-order valence-electron chi connectivity index (χ1n) is 1.75. The van der Waals surface area contributed by atoms with E-state index in [9.17, 15) is 17.6 Å². The maximum atomic E-state index is 11.6. The Morgan fingerprint density at radius 1 is 1.44 bits per heavy atom. The molecule has 0 aliphatic rings. The fourth-order valence-electron chi connectivity index (χ4n) is 0.0858. The predicted octanol–water partition coefficient (Wildman–Crippen LogP) is 2.45. The van der Waals surface area contributed by atoms with Crippen LogP contribution in [0, 0.1) is 0 Å². The summed E-state index contributed by atoms with van der Waals surface area (Å²) in [5.41, 5.74) is 0. The van der Waals surface area contributed by atoms with Gasteiger partial charge in [0, 0.05) is 0 Å². The highest BCUT2D eigenvalue weighted by atomic mass is 35.5. The predicted molar refractivity (Wildman–Crippen MR) is 29.4 cm³/mol. The van der Waals surface area contributed by atoms with E-state index in [1.54, 1.807) is 0 Å². The third-order valence-electron chi connectivity index (χ3n) is 0.536. The van der Waals surface area contributed by atoms with E-state index in [-0.39, 0.29) is 0 Å². The maximum absolute atomic E-state index is 11.6. The summed E-state index contributed by atoms with van der Waals surface area (Å²) in [5.74, 6) is -4.34. The van der Waals surface area contributed by atoms with Crippen molar-refractivity contribution in [1.82, 2.24) is 0 Å². The lowest BCUT2D eigenvalue weighted by molar-refractivity contribution is -0.0713. The third kappa shape index (κ3) is 2.06. The summed E-state index contributed by atoms with van der Waals surface area (Å²) in [6, 6.07) is 0. The molecule has 0 unspecified atom stereocenters. The van der Waals surface area contributed by atoms with E-state index in [2.05, 4.69) is 23.8 Å². The number of thiocarbonyl (C=S) groups is 1. The fraction of sp³-hybridized carbons (Fsp3) is 0.667. The Hall–Kier alpha value is 0.1000. The van der Waals surface area contributed by atoms with Crippen molar-refractivity contribution < 1.29 is 17.6 Å². The van der Waals surface area contributed by atoms with E-state index in [4.69, 9.17) is 0 Å². The van der Waals surface area contributed by atoms with Gasteiger partial charge in [0.2, 0.25) is 0 Å². The summed E-state index contributed by atoms with van der Waals surface area (Å²) in [6.07, 6.45) is -3.82. The topological polar surface area (TPSA) is 0 Å². The standard InChI is InChI=1S/C3HClF4S/c4-1(9)3(7,8)2(5)6/h2H. The highest BCUT2D eigenvalue weighted by Crippen LogP contribution is 2.26. The average molecular weight is 181 g/mol. The Kier molecular flexibility index (Phi) is 2.82. The lowest BCUT2D eigenvalue weighted by Crippen LogP contribution is -2.31. The molecule has 0 aromatic carbocycles. The normalized spacial score (nSPS) is 12.2. The van der Waals surface area contributed by atoms with Gasteiger partial charge in [-0.05, 0) is 0 Å². The van der Waals surface area contributed by atoms with Crippen LogP contribution in [0.25, 0.3) is 0 Å². The monoisotopic (exact) mass is 180 g/mol. The first-order chi connectivity index (χ1) is 3.89. The lowest BCUT2D eigenvalue weighted by atomic mass is 10.4. The Morgan fingerprint density at radius 2 is 1.78 bits per heavy atom. The Labute approximate surface area is 58.8 Å². The molecule has 0 N–H and O–H groups in total. The van der Waals surface area contributed by atoms with Gasteiger partial charge in [0.15, 0.2) is 4.32 Å². The van der Waals surface area contributed by atoms with Crippen molar-refractivity contribution >= 4 is 28.1 Å². The molecule has 0 atom stereocenters. The number of rotatable bonds is 2. The van der Waals surface area contributed by atoms with Crippen LogP contribution >= 0.6 is 23.8 Å². The van der Waals surface area contributed by atoms with Gasteiger partial charge in [0.25, 0.3) is 0 Å². The van der Waals surface area contributed by atoms with Crippen LogP contribution in [-0.4, -0.2) is 16.7 Å². The molecule has 0 aromatic rings. The zero-order chi connectivity index (χ0) is 7.65. The molecule has 0 aromatic heterocycles. The van der Waals surface area contributed by atoms with Crippen molar-refractivity contribution in [2.45, 2.75) is 12.3 Å². The van der Waals surface area contributed by atoms with Crippen LogP contribution in [-0.2, 0) is 0 Å². The van der Waals surface area contributed by atoms with Crippen LogP contribution in [0.4, 0.5) is 17.6 Å². The van der Waals surface area contributed by atoms with Gasteiger partial charge in [0.05, 0.1) is 0 Å². The largest absolute Gasteiger partial charge is 0.352 e. The number of hydrogen-bond donors (Lipinski definition) is 0. The van der Waals surface area contributed by atoms with Crippen molar-refractivity contribution in [3.8, 4) is 0 Å². The average Bonchev–Trinajstić information content (AvgIpc) is 1.65. The van der Waals surface area contributed by atoms with Gasteiger partial charge in [0.1, 0.15) is 0 Å². The van der Waals surface area contributed by atoms with Crippen LogP contribution in [0.3, 0.4) is 0 Å². The molecule has 0 radical (unpaired) electrons. The summed E-state index contributed by atoms with van der Waals surface area (Å²) < 4.78 is 44.1. The highest BCUT2D eigenvalue weighted by Gasteiger charge is 2.44. The summed E-state index contributed by atoms with van der Waals surface area (Å²) in [4.78, 5) is 0. The zero-order valence-electron chi connectivity index (χ0n) is 3.88. The molecular formula is C3HClF4S. The van der Waals surface area contributed by atoms with Crippen molar-refractivity contribution in [2.75, 3.05) is 0 Å². The molecule has 0 bridgehead atoms. The Morgan fingerprint density at radius 3 is 1.78 bits per heavy atom. The van der Waals surface area contributed by atoms with Crippen LogP contribution in [0.15, 0.2) is 0 Å². The van der Waals surface area contributed by atoms with Gasteiger partial charge in [-0.2, -0.15) is 8.78 Å². The molecule has 0 spiro atoms. The van der Waals surface area contributed by atoms with Gasteiger partial charge in [-0.15, -0.1) is 0 Å². The fourth-order valence-corrected chi connectivity index (χ4v) is 0.257. The summed E-state index contributed by atoms with van der Waals surface area (Å²) >= 11 is 8.11. The van der Waals surface area contributed by atoms with E-state index in [0.717, 1.165) is 0 Å². The minimum Gasteiger partial charge on any atom is -0.203 e. The molecule has 0 aliphatic carbocycles. The van der Waals surface area contributed by atoms with Gasteiger partial charge < -0.3 is 0 Å². The lowest BCUT2D eigenvalue weighted by Gasteiger charge is -2.10. The molecule has 0 amide bonds. The second-order valence-electron chi connectivity index (χ2n) is 1.20. The van der Waals surface area contributed by atoms with Crippen LogP contribution in [0.5, 0.6) is 0 Å². The van der Waals surface area contributed by atoms with Gasteiger partial charge >= 0.3 is 12.3 Å². The second kappa shape index (κ2) is 2.79.